The van der Waals surface area contributed by atoms with Gasteiger partial charge in [-0.05, 0) is 19.9 Å². The minimum absolute atomic E-state index is 0.150. The quantitative estimate of drug-likeness (QED) is 0.632. The lowest BCUT2D eigenvalue weighted by atomic mass is 10.2. The molecule has 6 heteroatoms. The summed E-state index contributed by atoms with van der Waals surface area (Å²) in [6.45, 7) is 3.15. The number of aliphatic hydroxyl groups is 1. The molecule has 0 aliphatic heterocycles. The maximum absolute atomic E-state index is 13.2. The van der Waals surface area contributed by atoms with Gasteiger partial charge in [-0.25, -0.2) is 0 Å². The van der Waals surface area contributed by atoms with Crippen molar-refractivity contribution in [2.45, 2.75) is 26.1 Å². The first-order chi connectivity index (χ1) is 7.41. The van der Waals surface area contributed by atoms with Gasteiger partial charge in [0, 0.05) is 12.1 Å². The summed E-state index contributed by atoms with van der Waals surface area (Å²) < 4.78 is 18.3. The molecule has 0 heterocycles. The van der Waals surface area contributed by atoms with Crippen molar-refractivity contribution in [3.63, 3.8) is 0 Å². The van der Waals surface area contributed by atoms with Crippen molar-refractivity contribution >= 4 is 5.69 Å². The molecule has 0 bridgehead atoms. The van der Waals surface area contributed by atoms with Gasteiger partial charge >= 0.3 is 5.69 Å². The molecule has 0 aliphatic carbocycles. The number of halogens is 1. The zero-order valence-corrected chi connectivity index (χ0v) is 8.88. The predicted octanol–water partition coefficient (Wildman–Crippen LogP) is 1.88. The van der Waals surface area contributed by atoms with E-state index in [0.717, 1.165) is 12.1 Å². The van der Waals surface area contributed by atoms with Crippen LogP contribution in [0.2, 0.25) is 0 Å². The fourth-order valence-electron chi connectivity index (χ4n) is 1.02. The van der Waals surface area contributed by atoms with Crippen LogP contribution in [0, 0.1) is 15.9 Å². The largest absolute Gasteiger partial charge is 0.488 e. The maximum Gasteiger partial charge on any atom is 0.305 e. The second-order valence-corrected chi connectivity index (χ2v) is 3.43. The van der Waals surface area contributed by atoms with E-state index in [1.165, 1.54) is 13.0 Å². The number of aliphatic hydroxyl groups excluding tert-OH is 1. The molecule has 16 heavy (non-hydrogen) atoms. The van der Waals surface area contributed by atoms with Gasteiger partial charge in [0.1, 0.15) is 11.9 Å². The summed E-state index contributed by atoms with van der Waals surface area (Å²) in [6, 6.07) is 3.25. The first kappa shape index (κ1) is 12.4. The molecule has 0 radical (unpaired) electrons. The molecule has 2 unspecified atom stereocenters. The number of rotatable bonds is 4. The van der Waals surface area contributed by atoms with Crippen molar-refractivity contribution < 1.29 is 19.2 Å². The third-order valence-electron chi connectivity index (χ3n) is 2.12. The molecule has 0 aliphatic rings. The van der Waals surface area contributed by atoms with Crippen LogP contribution in [0.5, 0.6) is 5.75 Å². The Balaban J connectivity index is 2.85. The number of nitro benzene ring substituents is 1. The SMILES string of the molecule is CC(O)C(C)Oc1ccc([N+](=O)[O-])c(F)c1. The number of nitro groups is 1. The first-order valence-corrected chi connectivity index (χ1v) is 4.70. The summed E-state index contributed by atoms with van der Waals surface area (Å²) in [6.07, 6.45) is -1.22. The fraction of sp³-hybridized carbons (Fsp3) is 0.400. The van der Waals surface area contributed by atoms with Crippen LogP contribution in [0.4, 0.5) is 10.1 Å². The minimum Gasteiger partial charge on any atom is -0.488 e. The molecule has 0 saturated heterocycles. The molecule has 0 amide bonds. The van der Waals surface area contributed by atoms with E-state index in [9.17, 15) is 14.5 Å². The van der Waals surface area contributed by atoms with Crippen LogP contribution in [0.25, 0.3) is 0 Å². The van der Waals surface area contributed by atoms with Crippen molar-refractivity contribution in [2.24, 2.45) is 0 Å². The van der Waals surface area contributed by atoms with Gasteiger partial charge in [-0.3, -0.25) is 10.1 Å². The Morgan fingerprint density at radius 1 is 1.50 bits per heavy atom. The van der Waals surface area contributed by atoms with Crippen LogP contribution in [0.3, 0.4) is 0 Å². The van der Waals surface area contributed by atoms with E-state index < -0.39 is 28.6 Å². The van der Waals surface area contributed by atoms with Crippen molar-refractivity contribution in [1.29, 1.82) is 0 Å². The molecule has 1 rings (SSSR count). The van der Waals surface area contributed by atoms with E-state index in [1.54, 1.807) is 6.92 Å². The molecule has 1 aromatic carbocycles. The number of ether oxygens (including phenoxy) is 1. The van der Waals surface area contributed by atoms with E-state index in [2.05, 4.69) is 0 Å². The van der Waals surface area contributed by atoms with Crippen LogP contribution in [-0.4, -0.2) is 22.2 Å². The van der Waals surface area contributed by atoms with Crippen LogP contribution >= 0.6 is 0 Å². The number of hydrogen-bond acceptors (Lipinski definition) is 4. The summed E-state index contributed by atoms with van der Waals surface area (Å²) in [5.41, 5.74) is -0.600. The van der Waals surface area contributed by atoms with Crippen LogP contribution in [-0.2, 0) is 0 Å². The minimum atomic E-state index is -0.958. The number of hydrogen-bond donors (Lipinski definition) is 1. The molecule has 0 aromatic heterocycles. The summed E-state index contributed by atoms with van der Waals surface area (Å²) >= 11 is 0. The molecule has 2 atom stereocenters. The molecule has 5 nitrogen and oxygen atoms in total. The maximum atomic E-state index is 13.2. The average Bonchev–Trinajstić information content (AvgIpc) is 2.16. The zero-order chi connectivity index (χ0) is 12.3. The Labute approximate surface area is 91.6 Å². The summed E-state index contributed by atoms with van der Waals surface area (Å²) in [5, 5.41) is 19.5. The molecule has 1 N–H and O–H groups in total. The molecular formula is C10H12FNO4. The van der Waals surface area contributed by atoms with Gasteiger partial charge in [-0.1, -0.05) is 0 Å². The van der Waals surface area contributed by atoms with Gasteiger partial charge < -0.3 is 9.84 Å². The summed E-state index contributed by atoms with van der Waals surface area (Å²) in [7, 11) is 0. The predicted molar refractivity (Wildman–Crippen MR) is 54.8 cm³/mol. The molecule has 1 aromatic rings. The summed E-state index contributed by atoms with van der Waals surface area (Å²) in [4.78, 5) is 9.54. The lowest BCUT2D eigenvalue weighted by Crippen LogP contribution is -2.25. The third kappa shape index (κ3) is 2.90. The highest BCUT2D eigenvalue weighted by Gasteiger charge is 2.16. The monoisotopic (exact) mass is 229 g/mol. The van der Waals surface area contributed by atoms with Crippen LogP contribution < -0.4 is 4.74 Å². The molecular weight excluding hydrogens is 217 g/mol. The first-order valence-electron chi connectivity index (χ1n) is 4.70. The normalized spacial score (nSPS) is 14.2. The summed E-state index contributed by atoms with van der Waals surface area (Å²) in [5.74, 6) is -0.809. The highest BCUT2D eigenvalue weighted by Crippen LogP contribution is 2.23. The molecule has 0 spiro atoms. The number of benzene rings is 1. The second-order valence-electron chi connectivity index (χ2n) is 3.43. The van der Waals surface area contributed by atoms with Crippen LogP contribution in [0.1, 0.15) is 13.8 Å². The highest BCUT2D eigenvalue weighted by molar-refractivity contribution is 5.38. The van der Waals surface area contributed by atoms with Crippen molar-refractivity contribution in [3.8, 4) is 5.75 Å². The van der Waals surface area contributed by atoms with Crippen molar-refractivity contribution in [3.05, 3.63) is 34.1 Å². The topological polar surface area (TPSA) is 72.6 Å². The van der Waals surface area contributed by atoms with Gasteiger partial charge in [-0.15, -0.1) is 0 Å². The van der Waals surface area contributed by atoms with Crippen molar-refractivity contribution in [1.82, 2.24) is 0 Å². The van der Waals surface area contributed by atoms with E-state index in [1.807, 2.05) is 0 Å². The zero-order valence-electron chi connectivity index (χ0n) is 8.88. The lowest BCUT2D eigenvalue weighted by molar-refractivity contribution is -0.387. The van der Waals surface area contributed by atoms with Gasteiger partial charge in [0.25, 0.3) is 0 Å². The Bertz CT molecular complexity index is 394. The van der Waals surface area contributed by atoms with E-state index in [-0.39, 0.29) is 5.75 Å². The van der Waals surface area contributed by atoms with Gasteiger partial charge in [-0.2, -0.15) is 4.39 Å². The highest BCUT2D eigenvalue weighted by atomic mass is 19.1. The van der Waals surface area contributed by atoms with E-state index in [0.29, 0.717) is 0 Å². The Kier molecular flexibility index (Phi) is 3.78. The van der Waals surface area contributed by atoms with Gasteiger partial charge in [0.05, 0.1) is 11.0 Å². The lowest BCUT2D eigenvalue weighted by Gasteiger charge is -2.16. The molecule has 0 saturated carbocycles. The standard InChI is InChI=1S/C10H12FNO4/c1-6(13)7(2)16-8-3-4-10(12(14)15)9(11)5-8/h3-7,13H,1-2H3. The van der Waals surface area contributed by atoms with Gasteiger partial charge in [0.15, 0.2) is 0 Å². The Morgan fingerprint density at radius 3 is 2.56 bits per heavy atom. The Morgan fingerprint density at radius 2 is 2.12 bits per heavy atom. The van der Waals surface area contributed by atoms with Gasteiger partial charge in [0.2, 0.25) is 5.82 Å². The third-order valence-corrected chi connectivity index (χ3v) is 2.12. The van der Waals surface area contributed by atoms with Crippen LogP contribution in [0.15, 0.2) is 18.2 Å². The van der Waals surface area contributed by atoms with E-state index in [4.69, 9.17) is 9.84 Å². The van der Waals surface area contributed by atoms with Crippen molar-refractivity contribution in [2.75, 3.05) is 0 Å². The second kappa shape index (κ2) is 4.89. The van der Waals surface area contributed by atoms with E-state index >= 15 is 0 Å². The number of nitrogens with zero attached hydrogens (tertiary/aromatic N) is 1. The smallest absolute Gasteiger partial charge is 0.305 e. The fourth-order valence-corrected chi connectivity index (χ4v) is 1.02. The average molecular weight is 229 g/mol. The molecule has 0 fully saturated rings. The Hall–Kier alpha value is -1.69. The molecule has 88 valence electrons.